The summed E-state index contributed by atoms with van der Waals surface area (Å²) in [6.45, 7) is 47.7. The van der Waals surface area contributed by atoms with Crippen molar-refractivity contribution in [1.29, 1.82) is 0 Å². The number of hydrogen-bond acceptors (Lipinski definition) is 5. The van der Waals surface area contributed by atoms with Gasteiger partial charge < -0.3 is 24.4 Å². The van der Waals surface area contributed by atoms with Gasteiger partial charge in [-0.25, -0.2) is 0 Å². The summed E-state index contributed by atoms with van der Waals surface area (Å²) in [5.74, 6) is 9.22. The second kappa shape index (κ2) is 43.6. The van der Waals surface area contributed by atoms with E-state index in [1.165, 1.54) is 180 Å². The van der Waals surface area contributed by atoms with Crippen molar-refractivity contribution in [2.24, 2.45) is 71.0 Å². The van der Waals surface area contributed by atoms with E-state index < -0.39 is 28.5 Å². The summed E-state index contributed by atoms with van der Waals surface area (Å²) in [4.78, 5) is 0. The fourth-order valence-electron chi connectivity index (χ4n) is 15.7. The van der Waals surface area contributed by atoms with Crippen LogP contribution in [0, 0.1) is 71.0 Å². The average Bonchev–Trinajstić information content (AvgIpc) is 2.07. The molecule has 0 radical (unpaired) electrons. The molecule has 0 aromatic carbocycles. The van der Waals surface area contributed by atoms with Crippen molar-refractivity contribution >= 4 is 0 Å². The highest BCUT2D eigenvalue weighted by atomic mass is 16.6. The zero-order valence-electron chi connectivity index (χ0n) is 61.6. The minimum Gasteiger partial charge on any atom is -0.390 e. The SMILES string of the molecule is CC(C)CCCC(C)CCCC(C)CCCC(C)(O)C1CCC(C(C)(CCCC(C)CCCC(C)CCCC(C)C)OC(C)(CCCC(C)CCCC(C)CCCC(C)C)C2CCC(O)C(C)(CCCC(C)CCCC(C)CCCC(C)C)O2)O1. The van der Waals surface area contributed by atoms with Gasteiger partial charge >= 0.3 is 0 Å². The van der Waals surface area contributed by atoms with Crippen LogP contribution in [0.25, 0.3) is 0 Å². The second-order valence-corrected chi connectivity index (χ2v) is 34.2. The first-order valence-electron chi connectivity index (χ1n) is 38.4. The number of aliphatic hydroxyl groups is 2. The van der Waals surface area contributed by atoms with Crippen LogP contribution in [-0.4, -0.2) is 57.0 Å². The van der Waals surface area contributed by atoms with Crippen molar-refractivity contribution < 1.29 is 24.4 Å². The van der Waals surface area contributed by atoms with E-state index in [9.17, 15) is 10.2 Å². The maximum Gasteiger partial charge on any atom is 0.0924 e. The molecule has 0 saturated carbocycles. The molecule has 2 rings (SSSR count). The van der Waals surface area contributed by atoms with Gasteiger partial charge in [0, 0.05) is 0 Å². The van der Waals surface area contributed by atoms with Crippen LogP contribution in [0.5, 0.6) is 0 Å². The molecule has 5 heteroatoms. The first kappa shape index (κ1) is 80.9. The van der Waals surface area contributed by atoms with Gasteiger partial charge in [-0.15, -0.1) is 0 Å². The molecule has 16 atom stereocenters. The maximum absolute atomic E-state index is 12.4. The Labute approximate surface area is 534 Å². The Morgan fingerprint density at radius 3 is 0.941 bits per heavy atom. The summed E-state index contributed by atoms with van der Waals surface area (Å²) < 4.78 is 22.9. The Hall–Kier alpha value is -0.200. The zero-order chi connectivity index (χ0) is 63.6. The van der Waals surface area contributed by atoms with Gasteiger partial charge in [0.2, 0.25) is 0 Å². The molecule has 5 nitrogen and oxygen atoms in total. The topological polar surface area (TPSA) is 68.2 Å². The molecule has 16 unspecified atom stereocenters. The Morgan fingerprint density at radius 1 is 0.353 bits per heavy atom. The van der Waals surface area contributed by atoms with Crippen LogP contribution >= 0.6 is 0 Å². The molecule has 0 amide bonds. The summed E-state index contributed by atoms with van der Waals surface area (Å²) in [7, 11) is 0. The smallest absolute Gasteiger partial charge is 0.0924 e. The third kappa shape index (κ3) is 36.0. The number of hydrogen-bond donors (Lipinski definition) is 2. The standard InChI is InChI=1S/C80H158O5/c1-61(2)33-21-37-65(9)41-25-45-69(13)49-29-57-77(17,82)74-55-56-75(83-74)79(19,59-31-51-71(15)47-27-43-67(11)39-23-35-63(5)6)85-80(20,60-32-52-72(16)48-28-44-68(12)40-24-36-64(7)8)76-54-53-73(81)78(18,84-76)58-30-50-70(14)46-26-42-66(10)38-22-34-62(3)4/h61-76,81-82H,21-60H2,1-20H3. The molecular weight excluding hydrogens is 1040 g/mol. The molecule has 2 saturated heterocycles. The molecule has 85 heavy (non-hydrogen) atoms. The first-order valence-corrected chi connectivity index (χ1v) is 38.4. The lowest BCUT2D eigenvalue weighted by atomic mass is 9.78. The van der Waals surface area contributed by atoms with Crippen LogP contribution in [0.1, 0.15) is 395 Å². The third-order valence-electron chi connectivity index (χ3n) is 22.3. The van der Waals surface area contributed by atoms with Crippen LogP contribution in [0.15, 0.2) is 0 Å². The normalized spacial score (nSPS) is 24.8. The quantitative estimate of drug-likeness (QED) is 0.0635. The lowest BCUT2D eigenvalue weighted by Gasteiger charge is -2.52. The monoisotopic (exact) mass is 1200 g/mol. The fraction of sp³-hybridized carbons (Fsp3) is 1.00. The van der Waals surface area contributed by atoms with E-state index in [0.717, 1.165) is 124 Å². The Bertz CT molecular complexity index is 1590. The molecule has 0 bridgehead atoms. The predicted octanol–water partition coefficient (Wildman–Crippen LogP) is 24.9. The van der Waals surface area contributed by atoms with Crippen LogP contribution in [0.2, 0.25) is 0 Å². The summed E-state index contributed by atoms with van der Waals surface area (Å²) in [5.41, 5.74) is -2.58. The summed E-state index contributed by atoms with van der Waals surface area (Å²) >= 11 is 0. The van der Waals surface area contributed by atoms with Crippen LogP contribution < -0.4 is 0 Å². The summed E-state index contributed by atoms with van der Waals surface area (Å²) in [5, 5.41) is 24.3. The average molecular weight is 1200 g/mol. The lowest BCUT2D eigenvalue weighted by Crippen LogP contribution is -2.60. The lowest BCUT2D eigenvalue weighted by molar-refractivity contribution is -0.283. The molecule has 0 aromatic heterocycles. The molecule has 2 heterocycles. The van der Waals surface area contributed by atoms with E-state index in [4.69, 9.17) is 14.2 Å². The van der Waals surface area contributed by atoms with Crippen LogP contribution in [-0.2, 0) is 14.2 Å². The Kier molecular flexibility index (Phi) is 41.5. The number of ether oxygens (including phenoxy) is 3. The highest BCUT2D eigenvalue weighted by molar-refractivity contribution is 5.02. The van der Waals surface area contributed by atoms with E-state index in [1.54, 1.807) is 0 Å². The van der Waals surface area contributed by atoms with Crippen molar-refractivity contribution in [3.8, 4) is 0 Å². The van der Waals surface area contributed by atoms with Gasteiger partial charge in [-0.2, -0.15) is 0 Å². The maximum atomic E-state index is 12.4. The van der Waals surface area contributed by atoms with Gasteiger partial charge in [-0.3, -0.25) is 0 Å². The minimum absolute atomic E-state index is 0.0988. The molecule has 2 fully saturated rings. The summed E-state index contributed by atoms with van der Waals surface area (Å²) in [6, 6.07) is 0. The highest BCUT2D eigenvalue weighted by Gasteiger charge is 2.53. The Balaban J connectivity index is 2.35. The van der Waals surface area contributed by atoms with Crippen molar-refractivity contribution in [1.82, 2.24) is 0 Å². The Morgan fingerprint density at radius 2 is 0.612 bits per heavy atom. The predicted molar refractivity (Wildman–Crippen MR) is 374 cm³/mol. The third-order valence-corrected chi connectivity index (χ3v) is 22.3. The molecule has 2 aliphatic rings. The first-order chi connectivity index (χ1) is 40.0. The van der Waals surface area contributed by atoms with Crippen molar-refractivity contribution in [3.63, 3.8) is 0 Å². The van der Waals surface area contributed by atoms with E-state index in [-0.39, 0.29) is 18.3 Å². The van der Waals surface area contributed by atoms with Crippen molar-refractivity contribution in [2.45, 2.75) is 442 Å². The molecule has 2 N–H and O–H groups in total. The zero-order valence-corrected chi connectivity index (χ0v) is 61.6. The second-order valence-electron chi connectivity index (χ2n) is 34.2. The summed E-state index contributed by atoms with van der Waals surface area (Å²) in [6.07, 6.45) is 47.3. The van der Waals surface area contributed by atoms with Gasteiger partial charge in [-0.1, -0.05) is 316 Å². The van der Waals surface area contributed by atoms with Gasteiger partial charge in [0.1, 0.15) is 0 Å². The largest absolute Gasteiger partial charge is 0.390 e. The molecular formula is C80H158O5. The molecule has 0 spiro atoms. The molecule has 0 aromatic rings. The number of aliphatic hydroxyl groups excluding tert-OH is 1. The number of rotatable bonds is 53. The highest BCUT2D eigenvalue weighted by Crippen LogP contribution is 2.47. The van der Waals surface area contributed by atoms with Gasteiger partial charge in [0.15, 0.2) is 0 Å². The molecule has 508 valence electrons. The van der Waals surface area contributed by atoms with Gasteiger partial charge in [0.05, 0.1) is 46.8 Å². The van der Waals surface area contributed by atoms with Crippen molar-refractivity contribution in [3.05, 3.63) is 0 Å². The van der Waals surface area contributed by atoms with Gasteiger partial charge in [-0.05, 0) is 150 Å². The van der Waals surface area contributed by atoms with Gasteiger partial charge in [0.25, 0.3) is 0 Å². The van der Waals surface area contributed by atoms with Crippen LogP contribution in [0.3, 0.4) is 0 Å². The molecule has 0 aliphatic carbocycles. The fourth-order valence-corrected chi connectivity index (χ4v) is 15.7. The minimum atomic E-state index is -0.875. The van der Waals surface area contributed by atoms with E-state index >= 15 is 0 Å². The molecule has 2 aliphatic heterocycles. The van der Waals surface area contributed by atoms with E-state index in [0.29, 0.717) is 23.7 Å². The van der Waals surface area contributed by atoms with Crippen LogP contribution in [0.4, 0.5) is 0 Å². The van der Waals surface area contributed by atoms with E-state index in [1.807, 2.05) is 0 Å². The van der Waals surface area contributed by atoms with E-state index in [2.05, 4.69) is 138 Å². The van der Waals surface area contributed by atoms with Crippen molar-refractivity contribution in [2.75, 3.05) is 0 Å².